The molecule has 2 fully saturated rings. The maximum Gasteiger partial charge on any atom is 0.0356 e. The van der Waals surface area contributed by atoms with Crippen molar-refractivity contribution < 1.29 is 0 Å². The second kappa shape index (κ2) is 5.10. The van der Waals surface area contributed by atoms with E-state index in [9.17, 15) is 0 Å². The second-order valence-electron chi connectivity index (χ2n) is 7.53. The van der Waals surface area contributed by atoms with Gasteiger partial charge < -0.3 is 10.6 Å². The Labute approximate surface area is 113 Å². The van der Waals surface area contributed by atoms with Gasteiger partial charge in [-0.1, -0.05) is 20.8 Å². The quantitative estimate of drug-likeness (QED) is 0.814. The first kappa shape index (κ1) is 14.3. The third kappa shape index (κ3) is 2.73. The topological polar surface area (TPSA) is 32.5 Å². The number of nitrogens with two attached hydrogens (primary N) is 1. The van der Waals surface area contributed by atoms with Gasteiger partial charge in [0.1, 0.15) is 0 Å². The normalized spacial score (nSPS) is 30.8. The molecule has 1 atom stereocenters. The third-order valence-corrected chi connectivity index (χ3v) is 5.38. The molecule has 3 heteroatoms. The molecule has 0 aliphatic carbocycles. The van der Waals surface area contributed by atoms with Gasteiger partial charge in [0.05, 0.1) is 0 Å². The van der Waals surface area contributed by atoms with Gasteiger partial charge in [-0.25, -0.2) is 0 Å². The molecule has 2 N–H and O–H groups in total. The molecule has 2 rings (SSSR count). The van der Waals surface area contributed by atoms with Crippen LogP contribution < -0.4 is 5.73 Å². The zero-order chi connectivity index (χ0) is 13.4. The highest BCUT2D eigenvalue weighted by Crippen LogP contribution is 2.39. The van der Waals surface area contributed by atoms with E-state index in [-0.39, 0.29) is 0 Å². The van der Waals surface area contributed by atoms with Gasteiger partial charge in [-0.3, -0.25) is 4.90 Å². The van der Waals surface area contributed by atoms with Crippen molar-refractivity contribution in [2.75, 3.05) is 39.8 Å². The predicted molar refractivity (Wildman–Crippen MR) is 77.7 cm³/mol. The molecule has 0 saturated carbocycles. The van der Waals surface area contributed by atoms with Gasteiger partial charge in [-0.2, -0.15) is 0 Å². The summed E-state index contributed by atoms with van der Waals surface area (Å²) in [6, 6.07) is 0. The molecule has 0 radical (unpaired) electrons. The van der Waals surface area contributed by atoms with Crippen LogP contribution in [0.1, 0.15) is 40.0 Å². The first-order chi connectivity index (χ1) is 8.37. The first-order valence-corrected chi connectivity index (χ1v) is 7.51. The zero-order valence-electron chi connectivity index (χ0n) is 12.7. The molecule has 3 nitrogen and oxygen atoms in total. The standard InChI is InChI=1S/C15H31N3/c1-14(2,3)13-5-8-18(11-13)15(12-16)6-9-17(4)10-7-15/h13H,5-12,16H2,1-4H3. The summed E-state index contributed by atoms with van der Waals surface area (Å²) in [5, 5.41) is 0. The van der Waals surface area contributed by atoms with Crippen molar-refractivity contribution >= 4 is 0 Å². The summed E-state index contributed by atoms with van der Waals surface area (Å²) in [7, 11) is 2.22. The van der Waals surface area contributed by atoms with Crippen LogP contribution in [0.15, 0.2) is 0 Å². The Hall–Kier alpha value is -0.120. The Bertz CT molecular complexity index is 274. The Morgan fingerprint density at radius 1 is 1.17 bits per heavy atom. The average molecular weight is 253 g/mol. The summed E-state index contributed by atoms with van der Waals surface area (Å²) in [5.74, 6) is 0.834. The average Bonchev–Trinajstić information content (AvgIpc) is 2.80. The highest BCUT2D eigenvalue weighted by atomic mass is 15.3. The molecular weight excluding hydrogens is 222 g/mol. The van der Waals surface area contributed by atoms with Crippen LogP contribution in [0.2, 0.25) is 0 Å². The fourth-order valence-corrected chi connectivity index (χ4v) is 3.58. The molecule has 0 aromatic heterocycles. The fourth-order valence-electron chi connectivity index (χ4n) is 3.58. The summed E-state index contributed by atoms with van der Waals surface area (Å²) in [5.41, 5.74) is 6.90. The molecule has 2 aliphatic rings. The molecule has 0 bridgehead atoms. The second-order valence-corrected chi connectivity index (χ2v) is 7.53. The Balaban J connectivity index is 2.02. The van der Waals surface area contributed by atoms with Gasteiger partial charge in [0.15, 0.2) is 0 Å². The van der Waals surface area contributed by atoms with Gasteiger partial charge in [0.2, 0.25) is 0 Å². The van der Waals surface area contributed by atoms with E-state index in [0.29, 0.717) is 11.0 Å². The van der Waals surface area contributed by atoms with E-state index in [0.717, 1.165) is 12.5 Å². The van der Waals surface area contributed by atoms with Crippen LogP contribution in [0.5, 0.6) is 0 Å². The summed E-state index contributed by atoms with van der Waals surface area (Å²) < 4.78 is 0. The van der Waals surface area contributed by atoms with Gasteiger partial charge in [0, 0.05) is 18.6 Å². The number of hydrogen-bond donors (Lipinski definition) is 1. The zero-order valence-corrected chi connectivity index (χ0v) is 12.7. The summed E-state index contributed by atoms with van der Waals surface area (Å²) in [6.45, 7) is 12.9. The minimum absolute atomic E-state index is 0.298. The Morgan fingerprint density at radius 3 is 2.22 bits per heavy atom. The molecule has 0 aromatic rings. The van der Waals surface area contributed by atoms with Crippen LogP contribution in [0, 0.1) is 11.3 Å². The van der Waals surface area contributed by atoms with Crippen LogP contribution in [-0.2, 0) is 0 Å². The van der Waals surface area contributed by atoms with Gasteiger partial charge in [0.25, 0.3) is 0 Å². The van der Waals surface area contributed by atoms with E-state index in [4.69, 9.17) is 5.73 Å². The van der Waals surface area contributed by atoms with E-state index in [2.05, 4.69) is 37.6 Å². The van der Waals surface area contributed by atoms with Gasteiger partial charge >= 0.3 is 0 Å². The Morgan fingerprint density at radius 2 is 1.78 bits per heavy atom. The lowest BCUT2D eigenvalue weighted by atomic mass is 9.80. The van der Waals surface area contributed by atoms with Crippen molar-refractivity contribution in [2.45, 2.75) is 45.6 Å². The van der Waals surface area contributed by atoms with Crippen molar-refractivity contribution in [3.8, 4) is 0 Å². The summed E-state index contributed by atoms with van der Waals surface area (Å²) >= 11 is 0. The summed E-state index contributed by atoms with van der Waals surface area (Å²) in [4.78, 5) is 5.15. The van der Waals surface area contributed by atoms with Gasteiger partial charge in [-0.15, -0.1) is 0 Å². The lowest BCUT2D eigenvalue weighted by molar-refractivity contribution is 0.0446. The lowest BCUT2D eigenvalue weighted by Crippen LogP contribution is -2.58. The number of nitrogens with zero attached hydrogens (tertiary/aromatic N) is 2. The monoisotopic (exact) mass is 253 g/mol. The molecule has 2 heterocycles. The number of likely N-dealkylation sites (tertiary alicyclic amines) is 2. The largest absolute Gasteiger partial charge is 0.329 e. The molecular formula is C15H31N3. The molecule has 1 unspecified atom stereocenters. The van der Waals surface area contributed by atoms with E-state index >= 15 is 0 Å². The Kier molecular flexibility index (Phi) is 4.05. The van der Waals surface area contributed by atoms with Gasteiger partial charge in [-0.05, 0) is 57.3 Å². The van der Waals surface area contributed by atoms with E-state index < -0.39 is 0 Å². The number of rotatable bonds is 2. The number of hydrogen-bond acceptors (Lipinski definition) is 3. The molecule has 2 saturated heterocycles. The maximum absolute atomic E-state index is 6.16. The SMILES string of the molecule is CN1CCC(CN)(N2CCC(C(C)(C)C)C2)CC1. The highest BCUT2D eigenvalue weighted by molar-refractivity contribution is 4.99. The van der Waals surface area contributed by atoms with E-state index in [1.807, 2.05) is 0 Å². The number of piperidine rings is 1. The van der Waals surface area contributed by atoms with E-state index in [1.165, 1.54) is 45.4 Å². The molecule has 18 heavy (non-hydrogen) atoms. The maximum atomic E-state index is 6.16. The van der Waals surface area contributed by atoms with Crippen molar-refractivity contribution in [3.05, 3.63) is 0 Å². The van der Waals surface area contributed by atoms with Crippen molar-refractivity contribution in [3.63, 3.8) is 0 Å². The molecule has 0 spiro atoms. The van der Waals surface area contributed by atoms with Crippen LogP contribution in [-0.4, -0.2) is 55.1 Å². The summed E-state index contributed by atoms with van der Waals surface area (Å²) in [6.07, 6.45) is 3.84. The van der Waals surface area contributed by atoms with Crippen LogP contribution in [0.3, 0.4) is 0 Å². The van der Waals surface area contributed by atoms with Crippen molar-refractivity contribution in [2.24, 2.45) is 17.1 Å². The minimum atomic E-state index is 0.298. The predicted octanol–water partition coefficient (Wildman–Crippen LogP) is 1.78. The minimum Gasteiger partial charge on any atom is -0.329 e. The molecule has 106 valence electrons. The third-order valence-electron chi connectivity index (χ3n) is 5.38. The van der Waals surface area contributed by atoms with Crippen molar-refractivity contribution in [1.82, 2.24) is 9.80 Å². The first-order valence-electron chi connectivity index (χ1n) is 7.51. The van der Waals surface area contributed by atoms with Crippen LogP contribution >= 0.6 is 0 Å². The lowest BCUT2D eigenvalue weighted by Gasteiger charge is -2.46. The van der Waals surface area contributed by atoms with Crippen molar-refractivity contribution in [1.29, 1.82) is 0 Å². The fraction of sp³-hybridized carbons (Fsp3) is 1.00. The molecule has 0 amide bonds. The van der Waals surface area contributed by atoms with Crippen LogP contribution in [0.4, 0.5) is 0 Å². The molecule has 2 aliphatic heterocycles. The van der Waals surface area contributed by atoms with Crippen LogP contribution in [0.25, 0.3) is 0 Å². The smallest absolute Gasteiger partial charge is 0.0356 e. The highest BCUT2D eigenvalue weighted by Gasteiger charge is 2.43. The molecule has 0 aromatic carbocycles. The van der Waals surface area contributed by atoms with E-state index in [1.54, 1.807) is 0 Å².